The lowest BCUT2D eigenvalue weighted by Crippen LogP contribution is -2.42. The number of nitrogens with two attached hydrogens (primary N) is 1. The van der Waals surface area contributed by atoms with E-state index in [1.165, 1.54) is 9.47 Å². The maximum Gasteiger partial charge on any atom is 0.330 e. The summed E-state index contributed by atoms with van der Waals surface area (Å²) < 4.78 is 3.13. The van der Waals surface area contributed by atoms with Gasteiger partial charge in [0, 0.05) is 24.5 Å². The summed E-state index contributed by atoms with van der Waals surface area (Å²) in [5.74, 6) is -0.383. The Labute approximate surface area is 192 Å². The van der Waals surface area contributed by atoms with Crippen molar-refractivity contribution in [2.45, 2.75) is 72.9 Å². The molecule has 0 unspecified atom stereocenters. The van der Waals surface area contributed by atoms with Crippen LogP contribution in [0.5, 0.6) is 0 Å². The molecule has 10 heteroatoms. The second-order valence-corrected chi connectivity index (χ2v) is 8.53. The molecule has 3 aromatic rings. The second-order valence-electron chi connectivity index (χ2n) is 8.53. The summed E-state index contributed by atoms with van der Waals surface area (Å²) in [6.45, 7) is 10.4. The molecular formula is C23H33N7O3. The summed E-state index contributed by atoms with van der Waals surface area (Å²) in [5.41, 5.74) is 6.66. The third-order valence-corrected chi connectivity index (χ3v) is 5.68. The highest BCUT2D eigenvalue weighted by Gasteiger charge is 2.27. The standard InChI is InChI=1S/C23H33N7O3/c1-6-8-10-28(18-19(24)29(11-9-7-2)23(33)27-21(18)31)22(32)17-12-16-13-25-30(14(3)4)20(16)26-15(17)5/h12-14H,6-11,24H2,1-5H3,(H,27,31,33). The van der Waals surface area contributed by atoms with E-state index in [0.717, 1.165) is 24.6 Å². The van der Waals surface area contributed by atoms with E-state index in [1.54, 1.807) is 23.9 Å². The first-order valence-electron chi connectivity index (χ1n) is 11.5. The van der Waals surface area contributed by atoms with E-state index in [4.69, 9.17) is 5.73 Å². The zero-order valence-corrected chi connectivity index (χ0v) is 20.0. The molecule has 0 saturated carbocycles. The van der Waals surface area contributed by atoms with Crippen LogP contribution in [0.4, 0.5) is 11.5 Å². The van der Waals surface area contributed by atoms with Crippen LogP contribution in [0.25, 0.3) is 11.0 Å². The van der Waals surface area contributed by atoms with E-state index in [0.29, 0.717) is 29.9 Å². The van der Waals surface area contributed by atoms with Crippen LogP contribution in [0.1, 0.15) is 75.5 Å². The quantitative estimate of drug-likeness (QED) is 0.510. The molecule has 10 nitrogen and oxygen atoms in total. The highest BCUT2D eigenvalue weighted by molar-refractivity contribution is 6.09. The molecule has 0 saturated heterocycles. The molecule has 0 fully saturated rings. The Morgan fingerprint density at radius 2 is 1.91 bits per heavy atom. The number of carbonyl (C=O) groups is 1. The Bertz CT molecular complexity index is 1270. The van der Waals surface area contributed by atoms with Crippen molar-refractivity contribution in [1.82, 2.24) is 24.3 Å². The van der Waals surface area contributed by atoms with Gasteiger partial charge in [-0.15, -0.1) is 0 Å². The van der Waals surface area contributed by atoms with Crippen molar-refractivity contribution < 1.29 is 4.79 Å². The second kappa shape index (κ2) is 10.0. The van der Waals surface area contributed by atoms with Gasteiger partial charge in [0.05, 0.1) is 17.5 Å². The number of aryl methyl sites for hydroxylation is 1. The summed E-state index contributed by atoms with van der Waals surface area (Å²) >= 11 is 0. The molecule has 0 aliphatic heterocycles. The first-order valence-corrected chi connectivity index (χ1v) is 11.5. The highest BCUT2D eigenvalue weighted by Crippen LogP contribution is 2.24. The number of aromatic nitrogens is 5. The molecule has 0 aromatic carbocycles. The van der Waals surface area contributed by atoms with Crippen molar-refractivity contribution >= 4 is 28.4 Å². The number of carbonyl (C=O) groups excluding carboxylic acids is 1. The van der Waals surface area contributed by atoms with Gasteiger partial charge >= 0.3 is 5.69 Å². The van der Waals surface area contributed by atoms with Crippen molar-refractivity contribution in [2.24, 2.45) is 0 Å². The number of hydrogen-bond acceptors (Lipinski definition) is 6. The van der Waals surface area contributed by atoms with Gasteiger partial charge < -0.3 is 10.6 Å². The van der Waals surface area contributed by atoms with Gasteiger partial charge in [-0.25, -0.2) is 14.5 Å². The molecule has 0 atom stereocenters. The maximum absolute atomic E-state index is 13.7. The fourth-order valence-corrected chi connectivity index (χ4v) is 3.81. The number of hydrogen-bond donors (Lipinski definition) is 2. The molecular weight excluding hydrogens is 422 g/mol. The molecule has 3 N–H and O–H groups in total. The molecule has 0 aliphatic carbocycles. The van der Waals surface area contributed by atoms with Gasteiger partial charge in [-0.3, -0.25) is 19.1 Å². The van der Waals surface area contributed by atoms with Crippen molar-refractivity contribution in [3.05, 3.63) is 44.4 Å². The lowest BCUT2D eigenvalue weighted by Gasteiger charge is -2.25. The van der Waals surface area contributed by atoms with Crippen LogP contribution < -0.4 is 21.9 Å². The molecule has 178 valence electrons. The van der Waals surface area contributed by atoms with Crippen LogP contribution >= 0.6 is 0 Å². The van der Waals surface area contributed by atoms with E-state index in [9.17, 15) is 14.4 Å². The average Bonchev–Trinajstić information content (AvgIpc) is 3.17. The summed E-state index contributed by atoms with van der Waals surface area (Å²) in [6, 6.07) is 1.88. The molecule has 0 radical (unpaired) electrons. The van der Waals surface area contributed by atoms with Gasteiger partial charge in [0.2, 0.25) is 0 Å². The number of pyridine rings is 1. The number of unbranched alkanes of at least 4 members (excludes halogenated alkanes) is 2. The number of amides is 1. The minimum atomic E-state index is -0.672. The van der Waals surface area contributed by atoms with Crippen LogP contribution in [0.15, 0.2) is 21.9 Å². The summed E-state index contributed by atoms with van der Waals surface area (Å²) in [6.07, 6.45) is 4.74. The lowest BCUT2D eigenvalue weighted by molar-refractivity contribution is 0.0985. The molecule has 3 rings (SSSR count). The lowest BCUT2D eigenvalue weighted by atomic mass is 10.1. The van der Waals surface area contributed by atoms with E-state index in [2.05, 4.69) is 15.1 Å². The van der Waals surface area contributed by atoms with E-state index in [1.807, 2.05) is 27.7 Å². The largest absolute Gasteiger partial charge is 0.383 e. The van der Waals surface area contributed by atoms with Crippen molar-refractivity contribution in [2.75, 3.05) is 17.2 Å². The smallest absolute Gasteiger partial charge is 0.330 e. The number of aromatic amines is 1. The Hall–Kier alpha value is -3.43. The number of nitrogen functional groups attached to an aromatic ring is 1. The van der Waals surface area contributed by atoms with Crippen LogP contribution in [0.2, 0.25) is 0 Å². The molecule has 0 spiro atoms. The van der Waals surface area contributed by atoms with Crippen LogP contribution in [-0.4, -0.2) is 36.8 Å². The SMILES string of the molecule is CCCCN(C(=O)c1cc2cnn(C(C)C)c2nc1C)c1c(N)n(CCCC)c(=O)[nH]c1=O. The molecule has 3 aromatic heterocycles. The highest BCUT2D eigenvalue weighted by atomic mass is 16.2. The van der Waals surface area contributed by atoms with E-state index in [-0.39, 0.29) is 30.0 Å². The summed E-state index contributed by atoms with van der Waals surface area (Å²) in [5, 5.41) is 5.12. The molecule has 1 amide bonds. The molecule has 0 bridgehead atoms. The van der Waals surface area contributed by atoms with E-state index >= 15 is 0 Å². The van der Waals surface area contributed by atoms with Gasteiger partial charge in [-0.2, -0.15) is 5.10 Å². The minimum absolute atomic E-state index is 0.000899. The number of rotatable bonds is 9. The minimum Gasteiger partial charge on any atom is -0.383 e. The van der Waals surface area contributed by atoms with E-state index < -0.39 is 11.2 Å². The van der Waals surface area contributed by atoms with Crippen LogP contribution in [-0.2, 0) is 6.54 Å². The Kier molecular flexibility index (Phi) is 7.35. The number of nitrogens with one attached hydrogen (secondary N) is 1. The Balaban J connectivity index is 2.15. The zero-order chi connectivity index (χ0) is 24.3. The third kappa shape index (κ3) is 4.69. The fourth-order valence-electron chi connectivity index (χ4n) is 3.81. The van der Waals surface area contributed by atoms with Gasteiger partial charge in [0.15, 0.2) is 11.3 Å². The predicted molar refractivity (Wildman–Crippen MR) is 130 cm³/mol. The molecule has 0 aliphatic rings. The van der Waals surface area contributed by atoms with Gasteiger partial charge in [-0.05, 0) is 39.7 Å². The van der Waals surface area contributed by atoms with Crippen molar-refractivity contribution in [3.63, 3.8) is 0 Å². The van der Waals surface area contributed by atoms with Crippen molar-refractivity contribution in [3.8, 4) is 0 Å². The van der Waals surface area contributed by atoms with Crippen molar-refractivity contribution in [1.29, 1.82) is 0 Å². The monoisotopic (exact) mass is 455 g/mol. The number of anilines is 2. The predicted octanol–water partition coefficient (Wildman–Crippen LogP) is 3.00. The number of nitrogens with zero attached hydrogens (tertiary/aromatic N) is 5. The number of fused-ring (bicyclic) bond motifs is 1. The topological polar surface area (TPSA) is 132 Å². The summed E-state index contributed by atoms with van der Waals surface area (Å²) in [4.78, 5) is 47.3. The normalized spacial score (nSPS) is 11.5. The average molecular weight is 456 g/mol. The first kappa shape index (κ1) is 24.2. The van der Waals surface area contributed by atoms with Crippen LogP contribution in [0, 0.1) is 6.92 Å². The van der Waals surface area contributed by atoms with Crippen LogP contribution in [0.3, 0.4) is 0 Å². The summed E-state index contributed by atoms with van der Waals surface area (Å²) in [7, 11) is 0. The molecule has 3 heterocycles. The Morgan fingerprint density at radius 1 is 1.21 bits per heavy atom. The zero-order valence-electron chi connectivity index (χ0n) is 20.0. The number of H-pyrrole nitrogens is 1. The third-order valence-electron chi connectivity index (χ3n) is 5.68. The van der Waals surface area contributed by atoms with Gasteiger partial charge in [0.1, 0.15) is 5.82 Å². The Morgan fingerprint density at radius 3 is 2.55 bits per heavy atom. The van der Waals surface area contributed by atoms with Gasteiger partial charge in [0.25, 0.3) is 11.5 Å². The first-order chi connectivity index (χ1) is 15.7. The molecule has 33 heavy (non-hydrogen) atoms. The fraction of sp³-hybridized carbons (Fsp3) is 0.522. The van der Waals surface area contributed by atoms with Gasteiger partial charge in [-0.1, -0.05) is 26.7 Å². The maximum atomic E-state index is 13.7.